The minimum absolute atomic E-state index is 0.298. The molecule has 0 aliphatic heterocycles. The lowest BCUT2D eigenvalue weighted by molar-refractivity contribution is 0.0953. The Balaban J connectivity index is 2.11. The predicted octanol–water partition coefficient (Wildman–Crippen LogP) is 3.40. The van der Waals surface area contributed by atoms with Gasteiger partial charge < -0.3 is 4.42 Å². The second kappa shape index (κ2) is 5.71. The molecular formula is C14H13ClN2O2. The van der Waals surface area contributed by atoms with E-state index in [1.807, 2.05) is 12.1 Å². The molecule has 19 heavy (non-hydrogen) atoms. The van der Waals surface area contributed by atoms with Crippen molar-refractivity contribution in [3.05, 3.63) is 58.5 Å². The van der Waals surface area contributed by atoms with Crippen LogP contribution in [0.5, 0.6) is 0 Å². The zero-order valence-corrected chi connectivity index (χ0v) is 11.4. The summed E-state index contributed by atoms with van der Waals surface area (Å²) in [5.74, 6) is 0.265. The molecule has 4 nitrogen and oxygen atoms in total. The van der Waals surface area contributed by atoms with Crippen molar-refractivity contribution in [1.29, 1.82) is 0 Å². The van der Waals surface area contributed by atoms with Crippen molar-refractivity contribution >= 4 is 23.2 Å². The third-order valence-electron chi connectivity index (χ3n) is 2.67. The number of hydrazone groups is 1. The van der Waals surface area contributed by atoms with Gasteiger partial charge in [0.1, 0.15) is 5.76 Å². The molecule has 0 radical (unpaired) electrons. The average molecular weight is 277 g/mol. The molecule has 0 atom stereocenters. The van der Waals surface area contributed by atoms with Gasteiger partial charge in [-0.25, -0.2) is 5.43 Å². The van der Waals surface area contributed by atoms with E-state index in [0.29, 0.717) is 22.1 Å². The van der Waals surface area contributed by atoms with E-state index in [1.54, 1.807) is 32.0 Å². The van der Waals surface area contributed by atoms with Gasteiger partial charge in [-0.3, -0.25) is 4.79 Å². The highest BCUT2D eigenvalue weighted by Gasteiger charge is 2.10. The van der Waals surface area contributed by atoms with Crippen LogP contribution in [0.15, 0.2) is 46.1 Å². The van der Waals surface area contributed by atoms with Gasteiger partial charge in [-0.05, 0) is 37.6 Å². The van der Waals surface area contributed by atoms with E-state index < -0.39 is 0 Å². The van der Waals surface area contributed by atoms with Crippen LogP contribution >= 0.6 is 11.6 Å². The first kappa shape index (κ1) is 13.4. The van der Waals surface area contributed by atoms with Crippen LogP contribution in [0.1, 0.15) is 28.6 Å². The van der Waals surface area contributed by atoms with Gasteiger partial charge in [-0.1, -0.05) is 23.7 Å². The number of aryl methyl sites for hydroxylation is 1. The number of nitrogens with zero attached hydrogens (tertiary/aromatic N) is 1. The smallest absolute Gasteiger partial charge is 0.274 e. The van der Waals surface area contributed by atoms with Crippen molar-refractivity contribution in [3.63, 3.8) is 0 Å². The number of rotatable bonds is 3. The molecule has 1 aromatic heterocycles. The monoisotopic (exact) mass is 276 g/mol. The zero-order valence-electron chi connectivity index (χ0n) is 10.6. The fourth-order valence-electron chi connectivity index (χ4n) is 1.59. The van der Waals surface area contributed by atoms with E-state index in [2.05, 4.69) is 10.5 Å². The number of hydrogen-bond donors (Lipinski definition) is 1. The fraction of sp³-hybridized carbons (Fsp3) is 0.143. The number of furan rings is 1. The molecular weight excluding hydrogens is 264 g/mol. The first-order chi connectivity index (χ1) is 9.08. The minimum Gasteiger partial charge on any atom is -0.469 e. The third-order valence-corrected chi connectivity index (χ3v) is 2.91. The highest BCUT2D eigenvalue weighted by atomic mass is 35.5. The second-order valence-corrected chi connectivity index (χ2v) is 4.48. The van der Waals surface area contributed by atoms with Crippen molar-refractivity contribution in [2.45, 2.75) is 13.8 Å². The molecule has 1 amide bonds. The Bertz CT molecular complexity index is 632. The maximum absolute atomic E-state index is 11.8. The van der Waals surface area contributed by atoms with Gasteiger partial charge in [0.05, 0.1) is 17.5 Å². The van der Waals surface area contributed by atoms with Crippen LogP contribution in [-0.4, -0.2) is 11.6 Å². The lowest BCUT2D eigenvalue weighted by Gasteiger charge is -2.02. The molecule has 2 rings (SSSR count). The molecule has 2 aromatic rings. The van der Waals surface area contributed by atoms with E-state index in [9.17, 15) is 4.79 Å². The molecule has 0 spiro atoms. The third kappa shape index (κ3) is 3.23. The Morgan fingerprint density at radius 2 is 2.16 bits per heavy atom. The molecule has 0 saturated heterocycles. The van der Waals surface area contributed by atoms with Crippen molar-refractivity contribution < 1.29 is 9.21 Å². The summed E-state index contributed by atoms with van der Waals surface area (Å²) in [5, 5.41) is 4.68. The van der Waals surface area contributed by atoms with Gasteiger partial charge in [-0.15, -0.1) is 0 Å². The predicted molar refractivity (Wildman–Crippen MR) is 74.6 cm³/mol. The summed E-state index contributed by atoms with van der Waals surface area (Å²) in [4.78, 5) is 11.8. The largest absolute Gasteiger partial charge is 0.469 e. The normalized spacial score (nSPS) is 11.4. The van der Waals surface area contributed by atoms with E-state index in [4.69, 9.17) is 16.0 Å². The van der Waals surface area contributed by atoms with Gasteiger partial charge in [0, 0.05) is 5.02 Å². The van der Waals surface area contributed by atoms with Gasteiger partial charge in [0.2, 0.25) is 0 Å². The summed E-state index contributed by atoms with van der Waals surface area (Å²) in [7, 11) is 0. The Hall–Kier alpha value is -2.07. The Morgan fingerprint density at radius 3 is 2.79 bits per heavy atom. The Labute approximate surface area is 116 Å². The molecule has 5 heteroatoms. The Kier molecular flexibility index (Phi) is 4.02. The Morgan fingerprint density at radius 1 is 1.37 bits per heavy atom. The standard InChI is InChI=1S/C14H13ClN2O2/c1-9(11-4-3-5-12(15)8-11)16-17-14(18)13-6-7-19-10(13)2/h3-8H,1-2H3,(H,17,18)/b16-9+. The summed E-state index contributed by atoms with van der Waals surface area (Å²) in [6.45, 7) is 3.52. The fourth-order valence-corrected chi connectivity index (χ4v) is 1.78. The summed E-state index contributed by atoms with van der Waals surface area (Å²) < 4.78 is 5.07. The van der Waals surface area contributed by atoms with Crippen LogP contribution in [0, 0.1) is 6.92 Å². The van der Waals surface area contributed by atoms with Crippen molar-refractivity contribution in [1.82, 2.24) is 5.43 Å². The van der Waals surface area contributed by atoms with Crippen LogP contribution in [0.4, 0.5) is 0 Å². The van der Waals surface area contributed by atoms with Gasteiger partial charge >= 0.3 is 0 Å². The summed E-state index contributed by atoms with van der Waals surface area (Å²) >= 11 is 5.90. The summed E-state index contributed by atoms with van der Waals surface area (Å²) in [5.41, 5.74) is 4.50. The molecule has 1 heterocycles. The molecule has 0 bridgehead atoms. The molecule has 0 aliphatic rings. The lowest BCUT2D eigenvalue weighted by Crippen LogP contribution is -2.19. The topological polar surface area (TPSA) is 54.6 Å². The van der Waals surface area contributed by atoms with E-state index in [-0.39, 0.29) is 5.91 Å². The highest BCUT2D eigenvalue weighted by Crippen LogP contribution is 2.12. The number of nitrogens with one attached hydrogen (secondary N) is 1. The molecule has 98 valence electrons. The first-order valence-electron chi connectivity index (χ1n) is 5.72. The van der Waals surface area contributed by atoms with Crippen molar-refractivity contribution in [3.8, 4) is 0 Å². The van der Waals surface area contributed by atoms with Crippen molar-refractivity contribution in [2.24, 2.45) is 5.10 Å². The first-order valence-corrected chi connectivity index (χ1v) is 6.10. The number of amides is 1. The quantitative estimate of drug-likeness (QED) is 0.690. The number of halogens is 1. The van der Waals surface area contributed by atoms with Gasteiger partial charge in [0.25, 0.3) is 5.91 Å². The number of benzene rings is 1. The molecule has 0 saturated carbocycles. The zero-order chi connectivity index (χ0) is 13.8. The summed E-state index contributed by atoms with van der Waals surface area (Å²) in [6.07, 6.45) is 1.47. The van der Waals surface area contributed by atoms with Crippen LogP contribution < -0.4 is 5.43 Å². The van der Waals surface area contributed by atoms with E-state index in [1.165, 1.54) is 6.26 Å². The van der Waals surface area contributed by atoms with Crippen LogP contribution in [0.3, 0.4) is 0 Å². The van der Waals surface area contributed by atoms with Crippen LogP contribution in [0.25, 0.3) is 0 Å². The maximum Gasteiger partial charge on any atom is 0.274 e. The van der Waals surface area contributed by atoms with E-state index in [0.717, 1.165) is 5.56 Å². The lowest BCUT2D eigenvalue weighted by atomic mass is 10.1. The number of carbonyl (C=O) groups is 1. The molecule has 0 aliphatic carbocycles. The second-order valence-electron chi connectivity index (χ2n) is 4.04. The SMILES string of the molecule is C/C(=N\NC(=O)c1ccoc1C)c1cccc(Cl)c1. The van der Waals surface area contributed by atoms with Crippen LogP contribution in [-0.2, 0) is 0 Å². The molecule has 1 N–H and O–H groups in total. The maximum atomic E-state index is 11.8. The average Bonchev–Trinajstić information content (AvgIpc) is 2.82. The highest BCUT2D eigenvalue weighted by molar-refractivity contribution is 6.31. The van der Waals surface area contributed by atoms with Gasteiger partial charge in [-0.2, -0.15) is 5.10 Å². The summed E-state index contributed by atoms with van der Waals surface area (Å²) in [6, 6.07) is 8.88. The van der Waals surface area contributed by atoms with Crippen LogP contribution in [0.2, 0.25) is 5.02 Å². The number of hydrogen-bond acceptors (Lipinski definition) is 3. The van der Waals surface area contributed by atoms with Gasteiger partial charge in [0.15, 0.2) is 0 Å². The number of carbonyl (C=O) groups excluding carboxylic acids is 1. The van der Waals surface area contributed by atoms with E-state index >= 15 is 0 Å². The molecule has 0 fully saturated rings. The molecule has 1 aromatic carbocycles. The van der Waals surface area contributed by atoms with Crippen molar-refractivity contribution in [2.75, 3.05) is 0 Å². The minimum atomic E-state index is -0.298. The molecule has 0 unspecified atom stereocenters.